The van der Waals surface area contributed by atoms with Crippen LogP contribution in [0.25, 0.3) is 0 Å². The van der Waals surface area contributed by atoms with Crippen molar-refractivity contribution in [3.63, 3.8) is 0 Å². The summed E-state index contributed by atoms with van der Waals surface area (Å²) < 4.78 is 5.11. The number of carboxylic acid groups (broad SMARTS) is 1. The predicted octanol–water partition coefficient (Wildman–Crippen LogP) is 1.39. The molecule has 1 aliphatic rings. The van der Waals surface area contributed by atoms with E-state index in [9.17, 15) is 9.59 Å². The Bertz CT molecular complexity index is 517. The van der Waals surface area contributed by atoms with Gasteiger partial charge in [0.1, 0.15) is 5.92 Å². The number of hydrogen-bond donors (Lipinski definition) is 3. The van der Waals surface area contributed by atoms with E-state index in [4.69, 9.17) is 9.84 Å². The van der Waals surface area contributed by atoms with E-state index in [1.54, 1.807) is 11.3 Å². The summed E-state index contributed by atoms with van der Waals surface area (Å²) >= 11 is 1.71. The van der Waals surface area contributed by atoms with E-state index >= 15 is 0 Å². The molecule has 21 heavy (non-hydrogen) atoms. The van der Waals surface area contributed by atoms with Crippen LogP contribution in [0.3, 0.4) is 0 Å². The Kier molecular flexibility index (Phi) is 5.19. The van der Waals surface area contributed by atoms with Gasteiger partial charge in [0.2, 0.25) is 0 Å². The van der Waals surface area contributed by atoms with Crippen molar-refractivity contribution in [2.75, 3.05) is 13.2 Å². The highest BCUT2D eigenvalue weighted by Gasteiger charge is 2.35. The molecule has 1 aliphatic heterocycles. The maximum Gasteiger partial charge on any atom is 0.315 e. The molecule has 2 amide bonds. The fourth-order valence-corrected chi connectivity index (χ4v) is 3.34. The number of urea groups is 1. The van der Waals surface area contributed by atoms with Gasteiger partial charge < -0.3 is 20.5 Å². The second-order valence-corrected chi connectivity index (χ2v) is 6.70. The van der Waals surface area contributed by atoms with Crippen molar-refractivity contribution in [3.05, 3.63) is 21.9 Å². The molecule has 0 radical (unpaired) electrons. The van der Waals surface area contributed by atoms with E-state index in [0.29, 0.717) is 0 Å². The van der Waals surface area contributed by atoms with Crippen LogP contribution >= 0.6 is 11.3 Å². The van der Waals surface area contributed by atoms with Crippen molar-refractivity contribution < 1.29 is 19.4 Å². The molecule has 2 rings (SSSR count). The van der Waals surface area contributed by atoms with E-state index in [0.717, 1.165) is 6.42 Å². The van der Waals surface area contributed by atoms with E-state index < -0.39 is 17.9 Å². The van der Waals surface area contributed by atoms with Crippen LogP contribution < -0.4 is 10.6 Å². The number of aliphatic carboxylic acids is 1. The SMILES string of the molecule is Cc1ccc(CC(C)NC(=O)NC2COCC2C(=O)O)s1. The average molecular weight is 312 g/mol. The number of hydrogen-bond acceptors (Lipinski definition) is 4. The third-order valence-electron chi connectivity index (χ3n) is 3.40. The largest absolute Gasteiger partial charge is 0.481 e. The Morgan fingerprint density at radius 1 is 1.48 bits per heavy atom. The van der Waals surface area contributed by atoms with Crippen LogP contribution in [0.4, 0.5) is 4.79 Å². The summed E-state index contributed by atoms with van der Waals surface area (Å²) in [4.78, 5) is 25.4. The molecule has 6 nitrogen and oxygen atoms in total. The second-order valence-electron chi connectivity index (χ2n) is 5.32. The van der Waals surface area contributed by atoms with Crippen molar-refractivity contribution in [1.82, 2.24) is 10.6 Å². The monoisotopic (exact) mass is 312 g/mol. The minimum atomic E-state index is -0.945. The molecule has 1 aromatic rings. The predicted molar refractivity (Wildman–Crippen MR) is 79.6 cm³/mol. The van der Waals surface area contributed by atoms with Crippen LogP contribution in [0, 0.1) is 12.8 Å². The molecular weight excluding hydrogens is 292 g/mol. The Morgan fingerprint density at radius 3 is 2.86 bits per heavy atom. The lowest BCUT2D eigenvalue weighted by Crippen LogP contribution is -2.49. The van der Waals surface area contributed by atoms with Crippen LogP contribution in [0.5, 0.6) is 0 Å². The molecule has 2 heterocycles. The summed E-state index contributed by atoms with van der Waals surface area (Å²) in [5.41, 5.74) is 0. The van der Waals surface area contributed by atoms with Gasteiger partial charge in [-0.15, -0.1) is 11.3 Å². The number of ether oxygens (including phenoxy) is 1. The van der Waals surface area contributed by atoms with Crippen molar-refractivity contribution in [2.24, 2.45) is 5.92 Å². The van der Waals surface area contributed by atoms with Crippen molar-refractivity contribution in [3.8, 4) is 0 Å². The molecule has 1 fully saturated rings. The quantitative estimate of drug-likeness (QED) is 0.766. The molecule has 3 atom stereocenters. The summed E-state index contributed by atoms with van der Waals surface area (Å²) in [6.45, 7) is 4.35. The number of carboxylic acids is 1. The molecule has 7 heteroatoms. The first-order valence-electron chi connectivity index (χ1n) is 6.88. The maximum absolute atomic E-state index is 11.9. The lowest BCUT2D eigenvalue weighted by atomic mass is 10.0. The van der Waals surface area contributed by atoms with Crippen molar-refractivity contribution in [2.45, 2.75) is 32.4 Å². The number of nitrogens with one attached hydrogen (secondary N) is 2. The van der Waals surface area contributed by atoms with Gasteiger partial charge in [-0.05, 0) is 26.0 Å². The Balaban J connectivity index is 1.79. The molecule has 1 saturated heterocycles. The molecular formula is C14H20N2O4S. The van der Waals surface area contributed by atoms with Crippen molar-refractivity contribution in [1.29, 1.82) is 0 Å². The standard InChI is InChI=1S/C14H20N2O4S/c1-8(5-10-4-3-9(2)21-10)15-14(19)16-12-7-20-6-11(12)13(17)18/h3-4,8,11-12H,5-7H2,1-2H3,(H,17,18)(H2,15,16,19). The molecule has 116 valence electrons. The highest BCUT2D eigenvalue weighted by molar-refractivity contribution is 7.11. The number of rotatable bonds is 5. The Labute approximate surface area is 127 Å². The molecule has 1 aromatic heterocycles. The van der Waals surface area contributed by atoms with Gasteiger partial charge >= 0.3 is 12.0 Å². The van der Waals surface area contributed by atoms with Crippen LogP contribution in [-0.2, 0) is 16.0 Å². The van der Waals surface area contributed by atoms with Gasteiger partial charge in [0, 0.05) is 22.2 Å². The van der Waals surface area contributed by atoms with E-state index in [2.05, 4.69) is 22.8 Å². The first-order valence-corrected chi connectivity index (χ1v) is 7.70. The first-order chi connectivity index (χ1) is 9.95. The Hall–Kier alpha value is -1.60. The topological polar surface area (TPSA) is 87.7 Å². The lowest BCUT2D eigenvalue weighted by Gasteiger charge is -2.19. The zero-order valence-electron chi connectivity index (χ0n) is 12.1. The van der Waals surface area contributed by atoms with E-state index in [-0.39, 0.29) is 25.3 Å². The number of amides is 2. The fourth-order valence-electron chi connectivity index (χ4n) is 2.32. The van der Waals surface area contributed by atoms with Gasteiger partial charge in [0.15, 0.2) is 0 Å². The molecule has 0 spiro atoms. The van der Waals surface area contributed by atoms with E-state index in [1.807, 2.05) is 13.8 Å². The van der Waals surface area contributed by atoms with Gasteiger partial charge in [-0.25, -0.2) is 4.79 Å². The highest BCUT2D eigenvalue weighted by atomic mass is 32.1. The minimum absolute atomic E-state index is 0.0198. The van der Waals surface area contributed by atoms with Crippen LogP contribution in [-0.4, -0.2) is 42.4 Å². The number of carbonyl (C=O) groups excluding carboxylic acids is 1. The Morgan fingerprint density at radius 2 is 2.24 bits per heavy atom. The van der Waals surface area contributed by atoms with Crippen LogP contribution in [0.1, 0.15) is 16.7 Å². The number of carbonyl (C=O) groups is 2. The molecule has 0 aliphatic carbocycles. The first kappa shape index (κ1) is 15.8. The zero-order valence-corrected chi connectivity index (χ0v) is 12.9. The average Bonchev–Trinajstić information content (AvgIpc) is 2.98. The van der Waals surface area contributed by atoms with E-state index in [1.165, 1.54) is 9.75 Å². The van der Waals surface area contributed by atoms with Crippen molar-refractivity contribution >= 4 is 23.3 Å². The van der Waals surface area contributed by atoms with Crippen LogP contribution in [0.15, 0.2) is 12.1 Å². The lowest BCUT2D eigenvalue weighted by molar-refractivity contribution is -0.142. The third-order valence-corrected chi connectivity index (χ3v) is 4.42. The smallest absolute Gasteiger partial charge is 0.315 e. The van der Waals surface area contributed by atoms with Gasteiger partial charge in [-0.3, -0.25) is 4.79 Å². The molecule has 3 N–H and O–H groups in total. The summed E-state index contributed by atoms with van der Waals surface area (Å²) in [6.07, 6.45) is 0.759. The maximum atomic E-state index is 11.9. The zero-order chi connectivity index (χ0) is 15.4. The molecule has 0 bridgehead atoms. The van der Waals surface area contributed by atoms with Gasteiger partial charge in [-0.2, -0.15) is 0 Å². The minimum Gasteiger partial charge on any atom is -0.481 e. The second kappa shape index (κ2) is 6.91. The van der Waals surface area contributed by atoms with Crippen LogP contribution in [0.2, 0.25) is 0 Å². The molecule has 0 saturated carbocycles. The number of thiophene rings is 1. The highest BCUT2D eigenvalue weighted by Crippen LogP contribution is 2.17. The third kappa shape index (κ3) is 4.44. The van der Waals surface area contributed by atoms with Gasteiger partial charge in [0.25, 0.3) is 0 Å². The molecule has 3 unspecified atom stereocenters. The van der Waals surface area contributed by atoms with Gasteiger partial charge in [-0.1, -0.05) is 0 Å². The molecule has 0 aromatic carbocycles. The normalized spacial score (nSPS) is 22.8. The summed E-state index contributed by atoms with van der Waals surface area (Å²) in [6, 6.07) is 3.27. The number of aryl methyl sites for hydroxylation is 1. The fraction of sp³-hybridized carbons (Fsp3) is 0.571. The summed E-state index contributed by atoms with van der Waals surface area (Å²) in [5, 5.41) is 14.5. The summed E-state index contributed by atoms with van der Waals surface area (Å²) in [7, 11) is 0. The van der Waals surface area contributed by atoms with Gasteiger partial charge in [0.05, 0.1) is 19.3 Å². The summed E-state index contributed by atoms with van der Waals surface area (Å²) in [5.74, 6) is -1.62.